The third-order valence-electron chi connectivity index (χ3n) is 3.08. The van der Waals surface area contributed by atoms with E-state index in [0.29, 0.717) is 6.42 Å². The van der Waals surface area contributed by atoms with E-state index >= 15 is 0 Å². The predicted molar refractivity (Wildman–Crippen MR) is 78.6 cm³/mol. The Morgan fingerprint density at radius 3 is 2.56 bits per heavy atom. The molecule has 0 bridgehead atoms. The van der Waals surface area contributed by atoms with Crippen molar-refractivity contribution in [2.24, 2.45) is 5.73 Å². The van der Waals surface area contributed by atoms with Gasteiger partial charge in [-0.3, -0.25) is 4.79 Å². The van der Waals surface area contributed by atoms with E-state index in [1.807, 2.05) is 43.6 Å². The second-order valence-corrected chi connectivity index (χ2v) is 5.44. The number of nitrogens with two attached hydrogens (primary N) is 1. The Labute approximate surface area is 114 Å². The predicted octanol–water partition coefficient (Wildman–Crippen LogP) is 2.29. The van der Waals surface area contributed by atoms with Crippen molar-refractivity contribution in [1.29, 1.82) is 0 Å². The molecule has 0 spiro atoms. The van der Waals surface area contributed by atoms with Crippen molar-refractivity contribution < 1.29 is 4.79 Å². The van der Waals surface area contributed by atoms with Gasteiger partial charge in [0.2, 0.25) is 5.91 Å². The van der Waals surface area contributed by atoms with E-state index in [9.17, 15) is 4.79 Å². The molecular formula is C14H22N2OS. The van der Waals surface area contributed by atoms with Crippen LogP contribution in [0.2, 0.25) is 0 Å². The molecule has 0 aliphatic heterocycles. The Bertz CT molecular complexity index is 369. The van der Waals surface area contributed by atoms with E-state index in [1.165, 1.54) is 0 Å². The van der Waals surface area contributed by atoms with Crippen LogP contribution in [-0.4, -0.2) is 35.9 Å². The molecule has 0 aliphatic rings. The van der Waals surface area contributed by atoms with Crippen molar-refractivity contribution in [3.05, 3.63) is 35.9 Å². The van der Waals surface area contributed by atoms with Crippen LogP contribution in [0.25, 0.3) is 0 Å². The number of carbonyl (C=O) groups excluding carboxylic acids is 1. The van der Waals surface area contributed by atoms with Crippen LogP contribution in [0.4, 0.5) is 0 Å². The Morgan fingerprint density at radius 2 is 2.00 bits per heavy atom. The minimum absolute atomic E-state index is 0.105. The number of carbonyl (C=O) groups is 1. The molecule has 0 unspecified atom stereocenters. The molecule has 18 heavy (non-hydrogen) atoms. The van der Waals surface area contributed by atoms with Gasteiger partial charge in [0.25, 0.3) is 0 Å². The van der Waals surface area contributed by atoms with Crippen molar-refractivity contribution in [2.75, 3.05) is 19.1 Å². The standard InChI is InChI=1S/C14H22N2OS/c1-11(10-18-3)16(2)14(17)9-13(15)12-7-5-4-6-8-12/h4-8,11,13H,9-10,15H2,1-3H3/t11-,13+/m1/s1. The molecule has 0 aliphatic carbocycles. The van der Waals surface area contributed by atoms with Gasteiger partial charge in [-0.25, -0.2) is 0 Å². The Kier molecular flexibility index (Phi) is 6.22. The first-order valence-electron chi connectivity index (χ1n) is 6.11. The highest BCUT2D eigenvalue weighted by Crippen LogP contribution is 2.15. The van der Waals surface area contributed by atoms with E-state index in [2.05, 4.69) is 6.92 Å². The van der Waals surface area contributed by atoms with Gasteiger partial charge in [0.15, 0.2) is 0 Å². The average molecular weight is 266 g/mol. The van der Waals surface area contributed by atoms with Crippen LogP contribution < -0.4 is 5.73 Å². The Balaban J connectivity index is 2.54. The van der Waals surface area contributed by atoms with Crippen LogP contribution in [0.15, 0.2) is 30.3 Å². The number of hydrogen-bond donors (Lipinski definition) is 1. The minimum atomic E-state index is -0.220. The van der Waals surface area contributed by atoms with Crippen LogP contribution in [0, 0.1) is 0 Å². The summed E-state index contributed by atoms with van der Waals surface area (Å²) in [6.45, 7) is 2.06. The lowest BCUT2D eigenvalue weighted by molar-refractivity contribution is -0.131. The van der Waals surface area contributed by atoms with E-state index in [-0.39, 0.29) is 18.0 Å². The Morgan fingerprint density at radius 1 is 1.39 bits per heavy atom. The number of nitrogens with zero attached hydrogens (tertiary/aromatic N) is 1. The molecule has 0 radical (unpaired) electrons. The van der Waals surface area contributed by atoms with Crippen LogP contribution in [0.1, 0.15) is 24.9 Å². The number of thioether (sulfide) groups is 1. The number of hydrogen-bond acceptors (Lipinski definition) is 3. The van der Waals surface area contributed by atoms with Crippen LogP contribution >= 0.6 is 11.8 Å². The SMILES string of the molecule is CSC[C@@H](C)N(C)C(=O)C[C@H](N)c1ccccc1. The van der Waals surface area contributed by atoms with Crippen LogP contribution in [0.3, 0.4) is 0 Å². The van der Waals surface area contributed by atoms with Gasteiger partial charge in [-0.1, -0.05) is 30.3 Å². The average Bonchev–Trinajstić information content (AvgIpc) is 2.39. The summed E-state index contributed by atoms with van der Waals surface area (Å²) in [7, 11) is 1.85. The van der Waals surface area contributed by atoms with Gasteiger partial charge in [-0.05, 0) is 18.7 Å². The molecule has 0 saturated heterocycles. The quantitative estimate of drug-likeness (QED) is 0.859. The zero-order valence-electron chi connectivity index (χ0n) is 11.3. The highest BCUT2D eigenvalue weighted by atomic mass is 32.2. The lowest BCUT2D eigenvalue weighted by Gasteiger charge is -2.25. The van der Waals surface area contributed by atoms with Crippen LogP contribution in [0.5, 0.6) is 0 Å². The van der Waals surface area contributed by atoms with E-state index in [0.717, 1.165) is 11.3 Å². The molecule has 1 amide bonds. The van der Waals surface area contributed by atoms with E-state index in [1.54, 1.807) is 16.7 Å². The Hall–Kier alpha value is -1.00. The highest BCUT2D eigenvalue weighted by molar-refractivity contribution is 7.98. The van der Waals surface area contributed by atoms with Crippen molar-refractivity contribution in [3.63, 3.8) is 0 Å². The molecule has 0 aromatic heterocycles. The van der Waals surface area contributed by atoms with E-state index in [4.69, 9.17) is 5.73 Å². The molecule has 100 valence electrons. The maximum absolute atomic E-state index is 12.1. The largest absolute Gasteiger partial charge is 0.342 e. The smallest absolute Gasteiger partial charge is 0.224 e. The van der Waals surface area contributed by atoms with Gasteiger partial charge >= 0.3 is 0 Å². The highest BCUT2D eigenvalue weighted by Gasteiger charge is 2.18. The van der Waals surface area contributed by atoms with Gasteiger partial charge in [-0.2, -0.15) is 11.8 Å². The second-order valence-electron chi connectivity index (χ2n) is 4.53. The lowest BCUT2D eigenvalue weighted by atomic mass is 10.0. The topological polar surface area (TPSA) is 46.3 Å². The summed E-state index contributed by atoms with van der Waals surface area (Å²) in [6.07, 6.45) is 2.41. The van der Waals surface area contributed by atoms with Gasteiger partial charge in [-0.15, -0.1) is 0 Å². The van der Waals surface area contributed by atoms with Crippen molar-refractivity contribution >= 4 is 17.7 Å². The molecule has 1 aromatic rings. The van der Waals surface area contributed by atoms with Crippen molar-refractivity contribution in [3.8, 4) is 0 Å². The molecule has 0 saturated carbocycles. The maximum atomic E-state index is 12.1. The summed E-state index contributed by atoms with van der Waals surface area (Å²) in [5.41, 5.74) is 7.07. The minimum Gasteiger partial charge on any atom is -0.342 e. The molecule has 2 atom stereocenters. The fraction of sp³-hybridized carbons (Fsp3) is 0.500. The number of benzene rings is 1. The number of rotatable bonds is 6. The molecule has 0 heterocycles. The number of amides is 1. The zero-order chi connectivity index (χ0) is 13.5. The zero-order valence-corrected chi connectivity index (χ0v) is 12.1. The maximum Gasteiger partial charge on any atom is 0.224 e. The molecule has 2 N–H and O–H groups in total. The summed E-state index contributed by atoms with van der Waals surface area (Å²) in [5, 5.41) is 0. The van der Waals surface area contributed by atoms with Gasteiger partial charge in [0.1, 0.15) is 0 Å². The first-order chi connectivity index (χ1) is 8.56. The molecule has 1 rings (SSSR count). The monoisotopic (exact) mass is 266 g/mol. The fourth-order valence-electron chi connectivity index (χ4n) is 1.75. The summed E-state index contributed by atoms with van der Waals surface area (Å²) in [6, 6.07) is 9.79. The fourth-order valence-corrected chi connectivity index (χ4v) is 2.46. The lowest BCUT2D eigenvalue weighted by Crippen LogP contribution is -2.38. The molecule has 0 fully saturated rings. The summed E-state index contributed by atoms with van der Waals surface area (Å²) in [4.78, 5) is 13.9. The third kappa shape index (κ3) is 4.35. The van der Waals surface area contributed by atoms with Crippen LogP contribution in [-0.2, 0) is 4.79 Å². The van der Waals surface area contributed by atoms with Gasteiger partial charge in [0.05, 0.1) is 0 Å². The second kappa shape index (κ2) is 7.44. The molecule has 4 heteroatoms. The first kappa shape index (κ1) is 15.1. The summed E-state index contributed by atoms with van der Waals surface area (Å²) >= 11 is 1.75. The van der Waals surface area contributed by atoms with Gasteiger partial charge in [0, 0.05) is 31.3 Å². The first-order valence-corrected chi connectivity index (χ1v) is 7.50. The molecular weight excluding hydrogens is 244 g/mol. The normalized spacial score (nSPS) is 14.0. The molecule has 1 aromatic carbocycles. The summed E-state index contributed by atoms with van der Waals surface area (Å²) in [5.74, 6) is 1.05. The molecule has 3 nitrogen and oxygen atoms in total. The van der Waals surface area contributed by atoms with Crippen molar-refractivity contribution in [2.45, 2.75) is 25.4 Å². The van der Waals surface area contributed by atoms with Crippen molar-refractivity contribution in [1.82, 2.24) is 4.90 Å². The third-order valence-corrected chi connectivity index (χ3v) is 3.90. The summed E-state index contributed by atoms with van der Waals surface area (Å²) < 4.78 is 0. The van der Waals surface area contributed by atoms with Gasteiger partial charge < -0.3 is 10.6 Å². The van der Waals surface area contributed by atoms with E-state index < -0.39 is 0 Å².